The average molecular weight is 1560 g/mol. The van der Waals surface area contributed by atoms with Gasteiger partial charge in [-0.15, -0.1) is 0 Å². The number of fused-ring (bicyclic) bond motifs is 2. The summed E-state index contributed by atoms with van der Waals surface area (Å²) >= 11 is 0. The highest BCUT2D eigenvalue weighted by Gasteiger charge is 2.23. The van der Waals surface area contributed by atoms with Gasteiger partial charge >= 0.3 is 0 Å². The number of ketones is 2. The maximum absolute atomic E-state index is 14.4. The van der Waals surface area contributed by atoms with Crippen molar-refractivity contribution in [2.75, 3.05) is 39.6 Å². The van der Waals surface area contributed by atoms with Crippen molar-refractivity contribution in [3.63, 3.8) is 0 Å². The van der Waals surface area contributed by atoms with E-state index >= 15 is 0 Å². The second kappa shape index (κ2) is 58.2. The van der Waals surface area contributed by atoms with Gasteiger partial charge in [0, 0.05) is 34.4 Å². The second-order valence-corrected chi connectivity index (χ2v) is 32.3. The van der Waals surface area contributed by atoms with Gasteiger partial charge in [-0.3, -0.25) is 9.59 Å². The van der Waals surface area contributed by atoms with Crippen molar-refractivity contribution in [3.05, 3.63) is 156 Å². The van der Waals surface area contributed by atoms with Crippen molar-refractivity contribution in [3.8, 4) is 56.8 Å². The molecule has 0 fully saturated rings. The molecule has 0 bridgehead atoms. The molecule has 626 valence electrons. The molecule has 0 radical (unpaired) electrons. The van der Waals surface area contributed by atoms with Gasteiger partial charge in [-0.25, -0.2) is 0 Å². The van der Waals surface area contributed by atoms with Crippen molar-refractivity contribution in [2.45, 2.75) is 350 Å². The smallest absolute Gasteiger partial charge is 0.203 e. The number of carbonyl (C=O) groups is 2. The lowest BCUT2D eigenvalue weighted by Gasteiger charge is -2.19. The predicted octanol–water partition coefficient (Wildman–Crippen LogP) is 32.0. The van der Waals surface area contributed by atoms with E-state index in [1.54, 1.807) is 0 Å². The SMILES string of the molecule is CCCCCCCCCCOc1cc(/C(O)=C/C(=O)c2ccc(-c3c4ccccc4c(-c4ccc(C(=O)/C=C(\O)c5cc(OCCCCCCCCCC)c(OCCCCCCCCCC)c(OCCCCCCCCCC)c5)cc4)c4ccccc34)cc2)cc(OCCCCCCCCCC)c1OCCCCCCCCCC. The van der Waals surface area contributed by atoms with E-state index in [4.69, 9.17) is 28.4 Å². The molecule has 0 aliphatic carbocycles. The number of ether oxygens (including phenoxy) is 6. The van der Waals surface area contributed by atoms with Crippen LogP contribution < -0.4 is 28.4 Å². The van der Waals surface area contributed by atoms with Gasteiger partial charge in [0.05, 0.1) is 39.6 Å². The molecule has 0 heterocycles. The summed E-state index contributed by atoms with van der Waals surface area (Å²) in [7, 11) is 0. The minimum Gasteiger partial charge on any atom is -0.507 e. The van der Waals surface area contributed by atoms with Crippen molar-refractivity contribution in [1.29, 1.82) is 0 Å². The zero-order chi connectivity index (χ0) is 80.7. The van der Waals surface area contributed by atoms with Gasteiger partial charge in [0.15, 0.2) is 34.6 Å². The normalized spacial score (nSPS) is 11.8. The Bertz CT molecular complexity index is 3430. The molecular formula is C104H150O10. The Morgan fingerprint density at radius 3 is 0.649 bits per heavy atom. The topological polar surface area (TPSA) is 130 Å². The number of carbonyl (C=O) groups excluding carboxylic acids is 2. The van der Waals surface area contributed by atoms with Crippen LogP contribution in [0.2, 0.25) is 0 Å². The number of aliphatic hydroxyl groups is 2. The highest BCUT2D eigenvalue weighted by Crippen LogP contribution is 2.46. The minimum absolute atomic E-state index is 0.171. The number of rotatable bonds is 68. The van der Waals surface area contributed by atoms with Crippen LogP contribution in [0.15, 0.2) is 133 Å². The Morgan fingerprint density at radius 1 is 0.246 bits per heavy atom. The summed E-state index contributed by atoms with van der Waals surface area (Å²) in [4.78, 5) is 28.9. The molecule has 7 aromatic rings. The van der Waals surface area contributed by atoms with Crippen LogP contribution >= 0.6 is 0 Å². The molecule has 0 saturated carbocycles. The first-order chi connectivity index (χ1) is 56.1. The molecule has 0 aliphatic heterocycles. The first-order valence-electron chi connectivity index (χ1n) is 46.3. The largest absolute Gasteiger partial charge is 0.507 e. The highest BCUT2D eigenvalue weighted by atomic mass is 16.5. The highest BCUT2D eigenvalue weighted by molar-refractivity contribution is 6.21. The van der Waals surface area contributed by atoms with Crippen molar-refractivity contribution < 1.29 is 48.2 Å². The van der Waals surface area contributed by atoms with E-state index in [0.29, 0.717) is 96.4 Å². The fourth-order valence-electron chi connectivity index (χ4n) is 15.6. The molecule has 10 heteroatoms. The molecule has 0 amide bonds. The summed E-state index contributed by atoms with van der Waals surface area (Å²) in [6.07, 6.45) is 59.6. The standard InChI is InChI=1S/C104H150O10/c1-7-13-19-25-31-37-43-53-71-109-97-77-87(78-98(110-72-54-44-38-32-26-20-14-8-2)103(97)113-75-57-47-41-35-29-23-17-11-5)95(107)81-93(105)83-63-67-85(68-64-83)101-89-59-49-51-61-91(89)102(92-62-52-50-60-90(92)101)86-69-65-84(66-70-86)94(106)82-96(108)88-79-99(111-73-55-45-39-33-27-21-15-9-3)104(114-76-58-48-42-36-30-24-18-12-6)100(80-88)112-74-56-46-40-34-28-22-16-10-4/h49-52,59-70,77-82,107-108H,7-48,53-58,71-76H2,1-6H3/b95-81-,96-82-. The van der Waals surface area contributed by atoms with Crippen molar-refractivity contribution in [2.24, 2.45) is 0 Å². The molecule has 0 unspecified atom stereocenters. The van der Waals surface area contributed by atoms with Crippen LogP contribution in [0.4, 0.5) is 0 Å². The first kappa shape index (κ1) is 93.4. The third-order valence-electron chi connectivity index (χ3n) is 22.5. The van der Waals surface area contributed by atoms with Gasteiger partial charge in [-0.1, -0.05) is 408 Å². The summed E-state index contributed by atoms with van der Waals surface area (Å²) in [5.74, 6) is 2.25. The summed E-state index contributed by atoms with van der Waals surface area (Å²) in [5, 5.41) is 28.3. The molecular weight excluding hydrogens is 1410 g/mol. The van der Waals surface area contributed by atoms with Gasteiger partial charge in [-0.2, -0.15) is 0 Å². The van der Waals surface area contributed by atoms with Gasteiger partial charge in [0.1, 0.15) is 11.5 Å². The fourth-order valence-corrected chi connectivity index (χ4v) is 15.6. The zero-order valence-corrected chi connectivity index (χ0v) is 72.0. The Morgan fingerprint density at radius 2 is 0.439 bits per heavy atom. The number of benzene rings is 7. The molecule has 0 saturated heterocycles. The van der Waals surface area contributed by atoms with Gasteiger partial charge < -0.3 is 38.6 Å². The lowest BCUT2D eigenvalue weighted by Crippen LogP contribution is -2.07. The number of allylic oxidation sites excluding steroid dienone is 2. The fraction of sp³-hybridized carbons (Fsp3) is 0.577. The molecule has 10 nitrogen and oxygen atoms in total. The van der Waals surface area contributed by atoms with E-state index in [0.717, 1.165) is 121 Å². The van der Waals surface area contributed by atoms with Crippen molar-refractivity contribution in [1.82, 2.24) is 0 Å². The van der Waals surface area contributed by atoms with Crippen LogP contribution in [-0.4, -0.2) is 61.4 Å². The second-order valence-electron chi connectivity index (χ2n) is 32.3. The molecule has 7 rings (SSSR count). The molecule has 0 aromatic heterocycles. The van der Waals surface area contributed by atoms with E-state index in [1.807, 2.05) is 72.8 Å². The van der Waals surface area contributed by atoms with E-state index in [-0.39, 0.29) is 23.1 Å². The molecule has 0 aliphatic rings. The molecule has 0 atom stereocenters. The monoisotopic (exact) mass is 1560 g/mol. The molecule has 114 heavy (non-hydrogen) atoms. The third kappa shape index (κ3) is 34.2. The maximum Gasteiger partial charge on any atom is 0.203 e. The number of hydrogen-bond acceptors (Lipinski definition) is 10. The quantitative estimate of drug-likeness (QED) is 0.0125. The van der Waals surface area contributed by atoms with Crippen LogP contribution in [0.5, 0.6) is 34.5 Å². The summed E-state index contributed by atoms with van der Waals surface area (Å²) in [5.41, 5.74) is 5.70. The van der Waals surface area contributed by atoms with E-state index in [1.165, 1.54) is 243 Å². The maximum atomic E-state index is 14.4. The van der Waals surface area contributed by atoms with Crippen LogP contribution in [-0.2, 0) is 0 Å². The first-order valence-corrected chi connectivity index (χ1v) is 46.3. The Labute approximate surface area is 690 Å². The lowest BCUT2D eigenvalue weighted by molar-refractivity contribution is 0.103. The third-order valence-corrected chi connectivity index (χ3v) is 22.5. The van der Waals surface area contributed by atoms with Gasteiger partial charge in [0.25, 0.3) is 0 Å². The van der Waals surface area contributed by atoms with Crippen molar-refractivity contribution >= 4 is 44.6 Å². The predicted molar refractivity (Wildman–Crippen MR) is 484 cm³/mol. The summed E-state index contributed by atoms with van der Waals surface area (Å²) < 4.78 is 39.8. The Kier molecular flexibility index (Phi) is 47.7. The number of unbranched alkanes of at least 4 members (excludes halogenated alkanes) is 42. The van der Waals surface area contributed by atoms with E-state index in [9.17, 15) is 19.8 Å². The van der Waals surface area contributed by atoms with Crippen LogP contribution in [0.3, 0.4) is 0 Å². The van der Waals surface area contributed by atoms with Crippen LogP contribution in [0.1, 0.15) is 382 Å². The Balaban J connectivity index is 1.13. The molecule has 0 spiro atoms. The van der Waals surface area contributed by atoms with Crippen LogP contribution in [0, 0.1) is 0 Å². The number of hydrogen-bond donors (Lipinski definition) is 2. The number of aliphatic hydroxyl groups excluding tert-OH is 2. The van der Waals surface area contributed by atoms with E-state index < -0.39 is 0 Å². The summed E-state index contributed by atoms with van der Waals surface area (Å²) in [6, 6.07) is 39.5. The van der Waals surface area contributed by atoms with Crippen LogP contribution in [0.25, 0.3) is 55.3 Å². The molecule has 2 N–H and O–H groups in total. The lowest BCUT2D eigenvalue weighted by atomic mass is 9.85. The summed E-state index contributed by atoms with van der Waals surface area (Å²) in [6.45, 7) is 16.7. The minimum atomic E-state index is -0.329. The molecule has 7 aromatic carbocycles. The zero-order valence-electron chi connectivity index (χ0n) is 72.0. The average Bonchev–Trinajstić information content (AvgIpc) is 0.735. The van der Waals surface area contributed by atoms with Gasteiger partial charge in [-0.05, 0) is 107 Å². The van der Waals surface area contributed by atoms with E-state index in [2.05, 4.69) is 90.1 Å². The van der Waals surface area contributed by atoms with Gasteiger partial charge in [0.2, 0.25) is 11.5 Å². The Hall–Kier alpha value is -7.72.